The molecule has 1 aliphatic rings. The summed E-state index contributed by atoms with van der Waals surface area (Å²) in [5.74, 6) is -4.27. The number of rotatable bonds is 8. The van der Waals surface area contributed by atoms with Gasteiger partial charge >= 0.3 is 23.9 Å². The zero-order valence-electron chi connectivity index (χ0n) is 19.6. The summed E-state index contributed by atoms with van der Waals surface area (Å²) in [5.41, 5.74) is -1.92. The van der Waals surface area contributed by atoms with Crippen molar-refractivity contribution in [3.8, 4) is 0 Å². The van der Waals surface area contributed by atoms with Crippen LogP contribution in [0, 0.1) is 0 Å². The minimum Gasteiger partial charge on any atom is -0.463 e. The lowest BCUT2D eigenvalue weighted by atomic mass is 9.92. The lowest BCUT2D eigenvalue weighted by Crippen LogP contribution is -2.75. The fourth-order valence-electron chi connectivity index (χ4n) is 3.34. The van der Waals surface area contributed by atoms with Crippen LogP contribution in [0.15, 0.2) is 30.8 Å². The molecule has 2 N–H and O–H groups in total. The molecule has 0 aliphatic carbocycles. The predicted octanol–water partition coefficient (Wildman–Crippen LogP) is 0.463. The molecule has 1 aromatic carbocycles. The van der Waals surface area contributed by atoms with E-state index >= 15 is 0 Å². The van der Waals surface area contributed by atoms with E-state index in [1.807, 2.05) is 0 Å². The molecule has 1 saturated heterocycles. The minimum atomic E-state index is -2.72. The number of esters is 4. The van der Waals surface area contributed by atoms with Gasteiger partial charge in [-0.25, -0.2) is 0 Å². The van der Waals surface area contributed by atoms with Gasteiger partial charge in [-0.05, 0) is 17.7 Å². The fourth-order valence-corrected chi connectivity index (χ4v) is 3.34. The van der Waals surface area contributed by atoms with Crippen LogP contribution in [0.3, 0.4) is 0 Å². The second-order valence-electron chi connectivity index (χ2n) is 7.63. The van der Waals surface area contributed by atoms with Crippen LogP contribution >= 0.6 is 0 Å². The smallest absolute Gasteiger partial charge is 0.305 e. The quantitative estimate of drug-likeness (QED) is 0.294. The number of carbonyl (C=O) groups is 5. The molecule has 1 fully saturated rings. The highest BCUT2D eigenvalue weighted by Gasteiger charge is 2.62. The van der Waals surface area contributed by atoms with Crippen LogP contribution in [0.1, 0.15) is 43.6 Å². The molecular formula is C23H27NO11. The number of ether oxygens (including phenoxy) is 5. The van der Waals surface area contributed by atoms with Gasteiger partial charge in [-0.3, -0.25) is 24.0 Å². The van der Waals surface area contributed by atoms with E-state index in [4.69, 9.17) is 23.7 Å². The van der Waals surface area contributed by atoms with Crippen molar-refractivity contribution in [2.75, 3.05) is 6.61 Å². The molecule has 0 aromatic heterocycles. The van der Waals surface area contributed by atoms with Crippen molar-refractivity contribution in [1.29, 1.82) is 0 Å². The van der Waals surface area contributed by atoms with Gasteiger partial charge in [-0.15, -0.1) is 0 Å². The van der Waals surface area contributed by atoms with Gasteiger partial charge in [0.1, 0.15) is 12.7 Å². The van der Waals surface area contributed by atoms with E-state index in [1.165, 1.54) is 12.1 Å². The van der Waals surface area contributed by atoms with Gasteiger partial charge in [0.05, 0.1) is 0 Å². The number of carbonyl (C=O) groups excluding carboxylic acids is 5. The Morgan fingerprint density at radius 2 is 1.54 bits per heavy atom. The van der Waals surface area contributed by atoms with Crippen LogP contribution in [0.5, 0.6) is 0 Å². The van der Waals surface area contributed by atoms with Crippen LogP contribution in [0.25, 0.3) is 6.08 Å². The number of hydrogen-bond donors (Lipinski definition) is 2. The van der Waals surface area contributed by atoms with E-state index in [1.54, 1.807) is 18.2 Å². The van der Waals surface area contributed by atoms with Crippen molar-refractivity contribution in [3.63, 3.8) is 0 Å². The number of hydrogen-bond acceptors (Lipinski definition) is 11. The van der Waals surface area contributed by atoms with Gasteiger partial charge in [0.15, 0.2) is 12.2 Å². The van der Waals surface area contributed by atoms with Crippen molar-refractivity contribution < 1.29 is 52.8 Å². The second kappa shape index (κ2) is 11.6. The van der Waals surface area contributed by atoms with Crippen LogP contribution in [-0.4, -0.2) is 71.8 Å². The number of nitrogens with one attached hydrogen (secondary N) is 1. The summed E-state index contributed by atoms with van der Waals surface area (Å²) in [6.07, 6.45) is -5.14. The average Bonchev–Trinajstić information content (AvgIpc) is 2.76. The first-order chi connectivity index (χ1) is 16.4. The molecule has 12 heteroatoms. The van der Waals surface area contributed by atoms with Gasteiger partial charge in [0.2, 0.25) is 5.72 Å². The molecule has 1 amide bonds. The Balaban J connectivity index is 2.54. The molecule has 12 nitrogen and oxygen atoms in total. The molecule has 5 atom stereocenters. The third kappa shape index (κ3) is 7.11. The Hall–Kier alpha value is -3.77. The Labute approximate surface area is 201 Å². The zero-order chi connectivity index (χ0) is 26.3. The highest BCUT2D eigenvalue weighted by Crippen LogP contribution is 2.34. The van der Waals surface area contributed by atoms with Gasteiger partial charge in [0.25, 0.3) is 12.2 Å². The maximum atomic E-state index is 13.0. The van der Waals surface area contributed by atoms with Crippen molar-refractivity contribution in [2.24, 2.45) is 0 Å². The Morgan fingerprint density at radius 3 is 2.03 bits per heavy atom. The number of amides is 1. The van der Waals surface area contributed by atoms with Crippen molar-refractivity contribution in [3.05, 3.63) is 42.0 Å². The van der Waals surface area contributed by atoms with Crippen molar-refractivity contribution >= 4 is 35.9 Å². The van der Waals surface area contributed by atoms with Crippen molar-refractivity contribution in [2.45, 2.75) is 58.0 Å². The van der Waals surface area contributed by atoms with E-state index in [0.717, 1.165) is 33.3 Å². The third-order valence-corrected chi connectivity index (χ3v) is 4.80. The molecule has 2 rings (SSSR count). The molecule has 0 spiro atoms. The highest BCUT2D eigenvalue weighted by molar-refractivity contribution is 5.95. The molecule has 35 heavy (non-hydrogen) atoms. The summed E-state index contributed by atoms with van der Waals surface area (Å²) in [6.45, 7) is 7.29. The van der Waals surface area contributed by atoms with Crippen LogP contribution in [0.2, 0.25) is 0 Å². The molecule has 1 heterocycles. The van der Waals surface area contributed by atoms with E-state index in [-0.39, 0.29) is 5.56 Å². The lowest BCUT2D eigenvalue weighted by Gasteiger charge is -2.49. The van der Waals surface area contributed by atoms with E-state index in [9.17, 15) is 29.1 Å². The zero-order valence-corrected chi connectivity index (χ0v) is 19.6. The maximum absolute atomic E-state index is 13.0. The standard InChI is InChI=1S/C23H27NO11/c1-6-16-7-9-17(10-8-16)21(29)24-23(30)20(33-14(4)27)19(32-13(3)26)18(11-31-12(2)25)35-22(23)34-15(5)28/h6-10,18-20,22,30H,1,11H2,2-5H3,(H,24,29)/t18-,19-,20+,22-,23-/m1/s1. The van der Waals surface area contributed by atoms with Crippen LogP contribution in [0.4, 0.5) is 0 Å². The minimum absolute atomic E-state index is 0.0817. The van der Waals surface area contributed by atoms with Gasteiger partial charge in [0, 0.05) is 33.3 Å². The molecule has 0 saturated carbocycles. The van der Waals surface area contributed by atoms with E-state index in [0.29, 0.717) is 0 Å². The van der Waals surface area contributed by atoms with E-state index in [2.05, 4.69) is 11.9 Å². The Kier molecular flexibility index (Phi) is 9.09. The monoisotopic (exact) mass is 493 g/mol. The molecular weight excluding hydrogens is 466 g/mol. The van der Waals surface area contributed by atoms with E-state index < -0.39 is 66.7 Å². The number of benzene rings is 1. The molecule has 0 bridgehead atoms. The Bertz CT molecular complexity index is 990. The first kappa shape index (κ1) is 27.5. The molecule has 0 unspecified atom stereocenters. The highest BCUT2D eigenvalue weighted by atomic mass is 16.7. The first-order valence-corrected chi connectivity index (χ1v) is 10.4. The summed E-state index contributed by atoms with van der Waals surface area (Å²) >= 11 is 0. The summed E-state index contributed by atoms with van der Waals surface area (Å²) in [5, 5.41) is 13.8. The maximum Gasteiger partial charge on any atom is 0.305 e. The fraction of sp³-hybridized carbons (Fsp3) is 0.435. The third-order valence-electron chi connectivity index (χ3n) is 4.80. The molecule has 1 aromatic rings. The summed E-state index contributed by atoms with van der Waals surface area (Å²) in [4.78, 5) is 59.9. The van der Waals surface area contributed by atoms with Crippen molar-refractivity contribution in [1.82, 2.24) is 5.32 Å². The lowest BCUT2D eigenvalue weighted by molar-refractivity contribution is -0.339. The topological polar surface area (TPSA) is 164 Å². The summed E-state index contributed by atoms with van der Waals surface area (Å²) < 4.78 is 26.1. The predicted molar refractivity (Wildman–Crippen MR) is 117 cm³/mol. The normalized spacial score (nSPS) is 25.5. The number of aliphatic hydroxyl groups is 1. The van der Waals surface area contributed by atoms with Gasteiger partial charge in [-0.2, -0.15) is 0 Å². The summed E-state index contributed by atoms with van der Waals surface area (Å²) in [6, 6.07) is 6.06. The molecule has 190 valence electrons. The first-order valence-electron chi connectivity index (χ1n) is 10.4. The summed E-state index contributed by atoms with van der Waals surface area (Å²) in [7, 11) is 0. The SMILES string of the molecule is C=Cc1ccc(C(=O)N[C@]2(O)[C@H](OC(C)=O)O[C@H](COC(C)=O)[C@@H](OC(C)=O)[C@@H]2OC(C)=O)cc1. The second-order valence-corrected chi connectivity index (χ2v) is 7.63. The molecule has 1 aliphatic heterocycles. The van der Waals surface area contributed by atoms with Crippen LogP contribution < -0.4 is 5.32 Å². The van der Waals surface area contributed by atoms with Crippen LogP contribution in [-0.2, 0) is 42.9 Å². The molecule has 0 radical (unpaired) electrons. The van der Waals surface area contributed by atoms with Gasteiger partial charge in [-0.1, -0.05) is 24.8 Å². The van der Waals surface area contributed by atoms with Gasteiger partial charge < -0.3 is 34.1 Å². The Morgan fingerprint density at radius 1 is 0.971 bits per heavy atom. The average molecular weight is 493 g/mol. The largest absolute Gasteiger partial charge is 0.463 e.